The Balaban J connectivity index is 1.90. The van der Waals surface area contributed by atoms with Crippen LogP contribution in [0.15, 0.2) is 50.9 Å². The molecule has 1 N–H and O–H groups in total. The van der Waals surface area contributed by atoms with Gasteiger partial charge in [0.25, 0.3) is 0 Å². The summed E-state index contributed by atoms with van der Waals surface area (Å²) in [4.78, 5) is 11.9. The molecule has 2 nitrogen and oxygen atoms in total. The lowest BCUT2D eigenvalue weighted by Gasteiger charge is -1.96. The predicted molar refractivity (Wildman–Crippen MR) is 96.2 cm³/mol. The van der Waals surface area contributed by atoms with Crippen LogP contribution in [0.5, 0.6) is 0 Å². The Labute approximate surface area is 142 Å². The van der Waals surface area contributed by atoms with E-state index in [1.807, 2.05) is 0 Å². The highest BCUT2D eigenvalue weighted by Gasteiger charge is 2.17. The Morgan fingerprint density at radius 3 is 2.29 bits per heavy atom. The second kappa shape index (κ2) is 5.53. The lowest BCUT2D eigenvalue weighted by molar-refractivity contribution is 1.33. The number of thiophene rings is 3. The summed E-state index contributed by atoms with van der Waals surface area (Å²) in [5.74, 6) is 0.928. The maximum absolute atomic E-state index is 4.84. The second-order valence-electron chi connectivity index (χ2n) is 4.37. The van der Waals surface area contributed by atoms with Gasteiger partial charge < -0.3 is 4.98 Å². The number of nitrogens with one attached hydrogen (secondary N) is 1. The maximum Gasteiger partial charge on any atom is 0.148 e. The molecule has 4 rings (SSSR count). The molecule has 0 saturated carbocycles. The molecule has 0 unspecified atom stereocenters. The van der Waals surface area contributed by atoms with E-state index in [1.165, 1.54) is 9.75 Å². The van der Waals surface area contributed by atoms with Gasteiger partial charge in [0.2, 0.25) is 0 Å². The fourth-order valence-corrected chi connectivity index (χ4v) is 4.90. The van der Waals surface area contributed by atoms with Crippen LogP contribution in [0.3, 0.4) is 0 Å². The van der Waals surface area contributed by atoms with Crippen molar-refractivity contribution in [1.82, 2.24) is 9.97 Å². The molecule has 0 aliphatic rings. The van der Waals surface area contributed by atoms with Crippen molar-refractivity contribution in [3.8, 4) is 31.8 Å². The minimum Gasteiger partial charge on any atom is -0.336 e. The highest BCUT2D eigenvalue weighted by molar-refractivity contribution is 9.11. The molecule has 4 aromatic rings. The van der Waals surface area contributed by atoms with Crippen LogP contribution < -0.4 is 0 Å². The van der Waals surface area contributed by atoms with Crippen molar-refractivity contribution in [3.05, 3.63) is 50.9 Å². The maximum atomic E-state index is 4.84. The first-order valence-electron chi connectivity index (χ1n) is 6.25. The van der Waals surface area contributed by atoms with Gasteiger partial charge in [-0.2, -0.15) is 0 Å². The number of hydrogen-bond donors (Lipinski definition) is 1. The number of aromatic nitrogens is 2. The van der Waals surface area contributed by atoms with Gasteiger partial charge >= 0.3 is 0 Å². The Kier molecular flexibility index (Phi) is 3.54. The van der Waals surface area contributed by atoms with Gasteiger partial charge in [0.1, 0.15) is 11.5 Å². The van der Waals surface area contributed by atoms with Crippen molar-refractivity contribution in [2.24, 2.45) is 0 Å². The summed E-state index contributed by atoms with van der Waals surface area (Å²) in [5.41, 5.74) is 2.14. The normalized spacial score (nSPS) is 11.1. The van der Waals surface area contributed by atoms with Crippen molar-refractivity contribution < 1.29 is 0 Å². The zero-order valence-corrected chi connectivity index (χ0v) is 14.7. The van der Waals surface area contributed by atoms with E-state index in [4.69, 9.17) is 4.98 Å². The Hall–Kier alpha value is -1.21. The molecular weight excluding hydrogens is 384 g/mol. The molecule has 0 spiro atoms. The summed E-state index contributed by atoms with van der Waals surface area (Å²) in [5, 5.41) is 4.18. The number of aromatic amines is 1. The molecule has 0 saturated heterocycles. The zero-order valence-electron chi connectivity index (χ0n) is 10.7. The smallest absolute Gasteiger partial charge is 0.148 e. The van der Waals surface area contributed by atoms with E-state index < -0.39 is 0 Å². The first-order chi connectivity index (χ1) is 10.3. The summed E-state index contributed by atoms with van der Waals surface area (Å²) >= 11 is 8.65. The predicted octanol–water partition coefficient (Wildman–Crippen LogP) is 6.36. The van der Waals surface area contributed by atoms with Crippen LogP contribution in [0.1, 0.15) is 0 Å². The Morgan fingerprint density at radius 2 is 1.67 bits per heavy atom. The van der Waals surface area contributed by atoms with E-state index in [-0.39, 0.29) is 0 Å². The third kappa shape index (κ3) is 2.53. The van der Waals surface area contributed by atoms with Gasteiger partial charge in [0, 0.05) is 0 Å². The van der Waals surface area contributed by atoms with Gasteiger partial charge in [-0.3, -0.25) is 0 Å². The van der Waals surface area contributed by atoms with Crippen LogP contribution >= 0.6 is 49.9 Å². The third-order valence-corrected chi connectivity index (χ3v) is 6.43. The molecular formula is C15H9BrN2S3. The molecule has 0 aliphatic carbocycles. The molecule has 4 heterocycles. The quantitative estimate of drug-likeness (QED) is 0.431. The summed E-state index contributed by atoms with van der Waals surface area (Å²) in [6.07, 6.45) is 0. The fraction of sp³-hybridized carbons (Fsp3) is 0. The standard InChI is InChI=1S/C15H9BrN2S3/c16-12-6-5-11(21-12)15-17-13(9-3-1-7-19-9)14(18-15)10-4-2-8-20-10/h1-8H,(H,17,18). The molecule has 0 radical (unpaired) electrons. The molecule has 0 atom stereocenters. The Bertz CT molecular complexity index is 805. The molecule has 0 bridgehead atoms. The number of imidazole rings is 1. The summed E-state index contributed by atoms with van der Waals surface area (Å²) in [7, 11) is 0. The summed E-state index contributed by atoms with van der Waals surface area (Å²) < 4.78 is 1.12. The van der Waals surface area contributed by atoms with E-state index in [2.05, 4.69) is 68.1 Å². The highest BCUT2D eigenvalue weighted by atomic mass is 79.9. The van der Waals surface area contributed by atoms with Crippen LogP contribution in [0.4, 0.5) is 0 Å². The van der Waals surface area contributed by atoms with E-state index in [9.17, 15) is 0 Å². The number of nitrogens with zero attached hydrogens (tertiary/aromatic N) is 1. The number of halogens is 1. The highest BCUT2D eigenvalue weighted by Crippen LogP contribution is 2.38. The van der Waals surface area contributed by atoms with E-state index in [1.54, 1.807) is 34.0 Å². The van der Waals surface area contributed by atoms with Gasteiger partial charge in [0.15, 0.2) is 0 Å². The first-order valence-corrected chi connectivity index (χ1v) is 9.61. The largest absolute Gasteiger partial charge is 0.336 e. The number of H-pyrrole nitrogens is 1. The van der Waals surface area contributed by atoms with Crippen LogP contribution in [0.2, 0.25) is 0 Å². The molecule has 4 aromatic heterocycles. The van der Waals surface area contributed by atoms with E-state index >= 15 is 0 Å². The topological polar surface area (TPSA) is 28.7 Å². The molecule has 0 fully saturated rings. The van der Waals surface area contributed by atoms with Gasteiger partial charge in [0.05, 0.1) is 24.1 Å². The van der Waals surface area contributed by atoms with Gasteiger partial charge in [-0.25, -0.2) is 4.98 Å². The van der Waals surface area contributed by atoms with Crippen molar-refractivity contribution in [1.29, 1.82) is 0 Å². The molecule has 6 heteroatoms. The van der Waals surface area contributed by atoms with E-state index in [0.717, 1.165) is 25.9 Å². The summed E-state index contributed by atoms with van der Waals surface area (Å²) in [6.45, 7) is 0. The van der Waals surface area contributed by atoms with Gasteiger partial charge in [-0.15, -0.1) is 34.0 Å². The first kappa shape index (κ1) is 13.5. The van der Waals surface area contributed by atoms with Crippen LogP contribution in [0, 0.1) is 0 Å². The fourth-order valence-electron chi connectivity index (χ4n) is 2.12. The SMILES string of the molecule is Brc1ccc(-c2nc(-c3cccs3)c(-c3cccs3)[nH]2)s1. The molecule has 0 aromatic carbocycles. The van der Waals surface area contributed by atoms with Crippen LogP contribution in [0.25, 0.3) is 31.8 Å². The third-order valence-electron chi connectivity index (χ3n) is 3.03. The molecule has 0 amide bonds. The van der Waals surface area contributed by atoms with Crippen molar-refractivity contribution in [2.75, 3.05) is 0 Å². The minimum absolute atomic E-state index is 0.928. The lowest BCUT2D eigenvalue weighted by atomic mass is 10.2. The summed E-state index contributed by atoms with van der Waals surface area (Å²) in [6, 6.07) is 12.5. The van der Waals surface area contributed by atoms with Crippen molar-refractivity contribution in [3.63, 3.8) is 0 Å². The minimum atomic E-state index is 0.928. The monoisotopic (exact) mass is 392 g/mol. The zero-order chi connectivity index (χ0) is 14.2. The van der Waals surface area contributed by atoms with Crippen molar-refractivity contribution >= 4 is 49.9 Å². The van der Waals surface area contributed by atoms with Crippen LogP contribution in [-0.2, 0) is 0 Å². The molecule has 21 heavy (non-hydrogen) atoms. The lowest BCUT2D eigenvalue weighted by Crippen LogP contribution is -1.76. The van der Waals surface area contributed by atoms with Gasteiger partial charge in [-0.05, 0) is 51.0 Å². The number of rotatable bonds is 3. The average molecular weight is 393 g/mol. The van der Waals surface area contributed by atoms with Crippen molar-refractivity contribution in [2.45, 2.75) is 0 Å². The van der Waals surface area contributed by atoms with E-state index in [0.29, 0.717) is 0 Å². The second-order valence-corrected chi connectivity index (χ2v) is 8.73. The Morgan fingerprint density at radius 1 is 0.905 bits per heavy atom. The van der Waals surface area contributed by atoms with Gasteiger partial charge in [-0.1, -0.05) is 12.1 Å². The molecule has 104 valence electrons. The van der Waals surface area contributed by atoms with Crippen LogP contribution in [-0.4, -0.2) is 9.97 Å². The average Bonchev–Trinajstić information content (AvgIpc) is 3.25. The molecule has 0 aliphatic heterocycles. The number of hydrogen-bond acceptors (Lipinski definition) is 4.